The van der Waals surface area contributed by atoms with Crippen LogP contribution in [-0.2, 0) is 4.79 Å². The highest BCUT2D eigenvalue weighted by Gasteiger charge is 2.40. The van der Waals surface area contributed by atoms with Crippen LogP contribution in [0.25, 0.3) is 16.8 Å². The fraction of sp³-hybridized carbons (Fsp3) is 0.391. The highest BCUT2D eigenvalue weighted by molar-refractivity contribution is 7.80. The van der Waals surface area contributed by atoms with E-state index >= 15 is 0 Å². The molecule has 1 amide bonds. The first-order chi connectivity index (χ1) is 13.6. The van der Waals surface area contributed by atoms with Gasteiger partial charge in [0.25, 0.3) is 5.91 Å². The third kappa shape index (κ3) is 3.28. The molecule has 2 aromatic rings. The van der Waals surface area contributed by atoms with Gasteiger partial charge in [0, 0.05) is 18.7 Å². The van der Waals surface area contributed by atoms with Crippen LogP contribution in [0.1, 0.15) is 44.6 Å². The summed E-state index contributed by atoms with van der Waals surface area (Å²) < 4.78 is 5.88. The van der Waals surface area contributed by atoms with Crippen LogP contribution >= 0.6 is 12.2 Å². The third-order valence-electron chi connectivity index (χ3n) is 5.74. The second-order valence-corrected chi connectivity index (χ2v) is 7.83. The molecule has 1 aliphatic heterocycles. The van der Waals surface area contributed by atoms with Crippen molar-refractivity contribution in [1.29, 1.82) is 0 Å². The predicted octanol–water partition coefficient (Wildman–Crippen LogP) is 4.97. The van der Waals surface area contributed by atoms with Gasteiger partial charge in [-0.1, -0.05) is 49.6 Å². The molecule has 1 heterocycles. The molecule has 1 aliphatic carbocycles. The Balaban J connectivity index is 1.79. The minimum absolute atomic E-state index is 0.00906. The molecular formula is C23H26N2O2S. The van der Waals surface area contributed by atoms with E-state index in [1.165, 1.54) is 6.42 Å². The van der Waals surface area contributed by atoms with Crippen molar-refractivity contribution in [2.75, 3.05) is 13.7 Å². The number of nitrogens with zero attached hydrogens (tertiary/aromatic N) is 2. The van der Waals surface area contributed by atoms with E-state index in [0.29, 0.717) is 17.4 Å². The fourth-order valence-corrected chi connectivity index (χ4v) is 4.61. The van der Waals surface area contributed by atoms with Crippen molar-refractivity contribution in [3.63, 3.8) is 0 Å². The molecule has 4 rings (SSSR count). The lowest BCUT2D eigenvalue weighted by Crippen LogP contribution is -2.41. The number of amides is 1. The van der Waals surface area contributed by atoms with E-state index in [9.17, 15) is 4.79 Å². The summed E-state index contributed by atoms with van der Waals surface area (Å²) in [5.41, 5.74) is 1.55. The largest absolute Gasteiger partial charge is 0.493 e. The van der Waals surface area contributed by atoms with E-state index < -0.39 is 0 Å². The van der Waals surface area contributed by atoms with Crippen LogP contribution in [0, 0.1) is 0 Å². The zero-order valence-electron chi connectivity index (χ0n) is 16.5. The van der Waals surface area contributed by atoms with Gasteiger partial charge in [0.05, 0.1) is 6.61 Å². The van der Waals surface area contributed by atoms with Crippen LogP contribution in [0.2, 0.25) is 0 Å². The van der Waals surface area contributed by atoms with Gasteiger partial charge < -0.3 is 9.64 Å². The van der Waals surface area contributed by atoms with Crippen molar-refractivity contribution in [3.8, 4) is 5.75 Å². The summed E-state index contributed by atoms with van der Waals surface area (Å²) in [6.07, 6.45) is 7.59. The standard InChI is InChI=1S/C23H26N2O2S/c1-3-27-21-14-13-16-9-7-8-12-18(16)19(21)15-20-22(26)25(23(28)24(20)2)17-10-5-4-6-11-17/h7-9,12-15,17H,3-6,10-11H2,1-2H3/b20-15-. The number of carbonyl (C=O) groups excluding carboxylic acids is 1. The minimum Gasteiger partial charge on any atom is -0.493 e. The summed E-state index contributed by atoms with van der Waals surface area (Å²) in [7, 11) is 1.89. The van der Waals surface area contributed by atoms with Crippen LogP contribution in [-0.4, -0.2) is 40.5 Å². The molecular weight excluding hydrogens is 368 g/mol. The Kier molecular flexibility index (Phi) is 5.36. The molecule has 1 saturated carbocycles. The molecule has 28 heavy (non-hydrogen) atoms. The van der Waals surface area contributed by atoms with E-state index in [-0.39, 0.29) is 11.9 Å². The van der Waals surface area contributed by atoms with Gasteiger partial charge in [0.1, 0.15) is 11.4 Å². The minimum atomic E-state index is 0.00906. The average molecular weight is 395 g/mol. The maximum atomic E-state index is 13.3. The van der Waals surface area contributed by atoms with E-state index in [4.69, 9.17) is 17.0 Å². The number of rotatable bonds is 4. The summed E-state index contributed by atoms with van der Waals surface area (Å²) >= 11 is 5.65. The van der Waals surface area contributed by atoms with Crippen molar-refractivity contribution >= 4 is 40.1 Å². The number of likely N-dealkylation sites (N-methyl/N-ethyl adjacent to an activating group) is 1. The number of thiocarbonyl (C=S) groups is 1. The van der Waals surface area contributed by atoms with Gasteiger partial charge in [-0.25, -0.2) is 0 Å². The lowest BCUT2D eigenvalue weighted by Gasteiger charge is -2.30. The van der Waals surface area contributed by atoms with Crippen molar-refractivity contribution in [1.82, 2.24) is 9.80 Å². The molecule has 2 aliphatic rings. The van der Waals surface area contributed by atoms with Gasteiger partial charge in [0.15, 0.2) is 5.11 Å². The molecule has 5 heteroatoms. The Morgan fingerprint density at radius 2 is 1.89 bits per heavy atom. The van der Waals surface area contributed by atoms with E-state index in [2.05, 4.69) is 18.2 Å². The zero-order chi connectivity index (χ0) is 19.7. The van der Waals surface area contributed by atoms with Gasteiger partial charge in [-0.3, -0.25) is 9.69 Å². The first-order valence-corrected chi connectivity index (χ1v) is 10.5. The summed E-state index contributed by atoms with van der Waals surface area (Å²) in [5.74, 6) is 0.798. The SMILES string of the molecule is CCOc1ccc2ccccc2c1/C=C1/C(=O)N(C2CCCCC2)C(=S)N1C. The van der Waals surface area contributed by atoms with Crippen LogP contribution in [0.5, 0.6) is 5.75 Å². The molecule has 0 spiro atoms. The van der Waals surface area contributed by atoms with E-state index in [1.54, 1.807) is 0 Å². The van der Waals surface area contributed by atoms with Gasteiger partial charge in [-0.15, -0.1) is 0 Å². The first-order valence-electron chi connectivity index (χ1n) is 10.1. The van der Waals surface area contributed by atoms with Crippen molar-refractivity contribution in [2.45, 2.75) is 45.1 Å². The van der Waals surface area contributed by atoms with Crippen LogP contribution < -0.4 is 4.74 Å². The van der Waals surface area contributed by atoms with Crippen molar-refractivity contribution in [3.05, 3.63) is 47.7 Å². The summed E-state index contributed by atoms with van der Waals surface area (Å²) in [5, 5.41) is 2.81. The third-order valence-corrected chi connectivity index (χ3v) is 6.21. The maximum absolute atomic E-state index is 13.3. The van der Waals surface area contributed by atoms with E-state index in [0.717, 1.165) is 47.8 Å². The topological polar surface area (TPSA) is 32.8 Å². The van der Waals surface area contributed by atoms with Crippen LogP contribution in [0.3, 0.4) is 0 Å². The molecule has 0 bridgehead atoms. The van der Waals surface area contributed by atoms with Gasteiger partial charge >= 0.3 is 0 Å². The van der Waals surface area contributed by atoms with Crippen molar-refractivity contribution < 1.29 is 9.53 Å². The number of carbonyl (C=O) groups is 1. The Bertz CT molecular complexity index is 947. The molecule has 2 fully saturated rings. The Labute approximate surface area is 171 Å². The predicted molar refractivity (Wildman–Crippen MR) is 117 cm³/mol. The molecule has 0 radical (unpaired) electrons. The lowest BCUT2D eigenvalue weighted by molar-refractivity contribution is -0.124. The number of hydrogen-bond acceptors (Lipinski definition) is 3. The number of hydrogen-bond donors (Lipinski definition) is 0. The second kappa shape index (κ2) is 7.92. The molecule has 146 valence electrons. The maximum Gasteiger partial charge on any atom is 0.277 e. The molecule has 0 unspecified atom stereocenters. The average Bonchev–Trinajstić information content (AvgIpc) is 2.93. The van der Waals surface area contributed by atoms with Crippen LogP contribution in [0.4, 0.5) is 0 Å². The Morgan fingerprint density at radius 3 is 2.64 bits per heavy atom. The highest BCUT2D eigenvalue weighted by atomic mass is 32.1. The quantitative estimate of drug-likeness (QED) is 0.541. The lowest BCUT2D eigenvalue weighted by atomic mass is 9.94. The first kappa shape index (κ1) is 18.9. The summed E-state index contributed by atoms with van der Waals surface area (Å²) in [6, 6.07) is 12.4. The fourth-order valence-electron chi connectivity index (χ4n) is 4.28. The van der Waals surface area contributed by atoms with Gasteiger partial charge in [0.2, 0.25) is 0 Å². The normalized spacial score (nSPS) is 19.9. The number of benzene rings is 2. The molecule has 1 saturated heterocycles. The Hall–Kier alpha value is -2.40. The molecule has 0 atom stereocenters. The number of ether oxygens (including phenoxy) is 1. The molecule has 0 aromatic heterocycles. The highest BCUT2D eigenvalue weighted by Crippen LogP contribution is 2.34. The molecule has 0 N–H and O–H groups in total. The molecule has 4 nitrogen and oxygen atoms in total. The molecule has 2 aromatic carbocycles. The van der Waals surface area contributed by atoms with Gasteiger partial charge in [-0.2, -0.15) is 0 Å². The van der Waals surface area contributed by atoms with Crippen LogP contribution in [0.15, 0.2) is 42.1 Å². The van der Waals surface area contributed by atoms with Gasteiger partial charge in [-0.05, 0) is 54.9 Å². The number of fused-ring (bicyclic) bond motifs is 1. The zero-order valence-corrected chi connectivity index (χ0v) is 17.3. The summed E-state index contributed by atoms with van der Waals surface area (Å²) in [4.78, 5) is 17.0. The summed E-state index contributed by atoms with van der Waals surface area (Å²) in [6.45, 7) is 2.55. The monoisotopic (exact) mass is 394 g/mol. The van der Waals surface area contributed by atoms with E-state index in [1.807, 2.05) is 48.0 Å². The second-order valence-electron chi connectivity index (χ2n) is 7.47. The smallest absolute Gasteiger partial charge is 0.277 e. The van der Waals surface area contributed by atoms with Crippen molar-refractivity contribution in [2.24, 2.45) is 0 Å². The Morgan fingerprint density at radius 1 is 1.14 bits per heavy atom.